The molecule has 0 saturated carbocycles. The number of methoxy groups -OCH3 is 1. The van der Waals surface area contributed by atoms with Crippen molar-refractivity contribution in [2.75, 3.05) is 33.5 Å². The van der Waals surface area contributed by atoms with Gasteiger partial charge in [0, 0.05) is 17.3 Å². The van der Waals surface area contributed by atoms with Crippen LogP contribution in [-0.2, 0) is 23.8 Å². The minimum Gasteiger partial charge on any atom is -0.466 e. The fourth-order valence-electron chi connectivity index (χ4n) is 3.12. The van der Waals surface area contributed by atoms with Crippen molar-refractivity contribution in [3.63, 3.8) is 0 Å². The molecule has 1 aromatic carbocycles. The van der Waals surface area contributed by atoms with Gasteiger partial charge in [-0.1, -0.05) is 23.7 Å². The lowest BCUT2D eigenvalue weighted by Gasteiger charge is -2.31. The van der Waals surface area contributed by atoms with E-state index in [1.165, 1.54) is 7.11 Å². The van der Waals surface area contributed by atoms with Crippen LogP contribution in [0, 0.1) is 0 Å². The number of nitrogens with one attached hydrogen (secondary N) is 1. The van der Waals surface area contributed by atoms with Gasteiger partial charge in [0.15, 0.2) is 0 Å². The molecule has 7 nitrogen and oxygen atoms in total. The lowest BCUT2D eigenvalue weighted by atomic mass is 9.80. The van der Waals surface area contributed by atoms with Gasteiger partial charge in [-0.3, -0.25) is 0 Å². The molecule has 8 heteroatoms. The zero-order valence-electron chi connectivity index (χ0n) is 16.2. The van der Waals surface area contributed by atoms with Crippen LogP contribution in [0.2, 0.25) is 5.02 Å². The summed E-state index contributed by atoms with van der Waals surface area (Å²) in [6.07, 6.45) is 0. The Balaban J connectivity index is 2.65. The third-order valence-corrected chi connectivity index (χ3v) is 4.47. The smallest absolute Gasteiger partial charge is 0.336 e. The van der Waals surface area contributed by atoms with Gasteiger partial charge >= 0.3 is 11.9 Å². The number of carbonyl (C=O) groups excluding carboxylic acids is 2. The lowest BCUT2D eigenvalue weighted by molar-refractivity contribution is -0.139. The minimum atomic E-state index is -0.706. The molecule has 0 saturated heterocycles. The number of allylic oxidation sites excluding steroid dienone is 1. The molecule has 1 heterocycles. The molecule has 0 bridgehead atoms. The molecular formula is C20H25ClN2O5. The molecule has 0 spiro atoms. The van der Waals surface area contributed by atoms with Gasteiger partial charge in [-0.05, 0) is 31.5 Å². The Kier molecular flexibility index (Phi) is 8.04. The zero-order valence-corrected chi connectivity index (χ0v) is 17.0. The number of halogens is 1. The number of esters is 2. The molecule has 0 amide bonds. The van der Waals surface area contributed by atoms with Crippen molar-refractivity contribution >= 4 is 23.5 Å². The molecule has 0 radical (unpaired) electrons. The highest BCUT2D eigenvalue weighted by molar-refractivity contribution is 6.30. The Morgan fingerprint density at radius 3 is 2.61 bits per heavy atom. The largest absolute Gasteiger partial charge is 0.466 e. The van der Waals surface area contributed by atoms with Gasteiger partial charge in [0.25, 0.3) is 0 Å². The highest BCUT2D eigenvalue weighted by atomic mass is 35.5. The maximum absolute atomic E-state index is 12.9. The topological polar surface area (TPSA) is 99.9 Å². The quantitative estimate of drug-likeness (QED) is 0.502. The molecule has 0 fully saturated rings. The fourth-order valence-corrected chi connectivity index (χ4v) is 3.32. The van der Waals surface area contributed by atoms with Crippen molar-refractivity contribution in [3.8, 4) is 0 Å². The number of benzene rings is 1. The summed E-state index contributed by atoms with van der Waals surface area (Å²) in [5.74, 6) is -1.79. The van der Waals surface area contributed by atoms with Gasteiger partial charge in [-0.15, -0.1) is 0 Å². The van der Waals surface area contributed by atoms with Gasteiger partial charge < -0.3 is 25.3 Å². The fraction of sp³-hybridized carbons (Fsp3) is 0.400. The molecule has 28 heavy (non-hydrogen) atoms. The van der Waals surface area contributed by atoms with Crippen molar-refractivity contribution in [2.45, 2.75) is 19.8 Å². The average molecular weight is 409 g/mol. The van der Waals surface area contributed by atoms with Crippen molar-refractivity contribution in [1.82, 2.24) is 5.32 Å². The van der Waals surface area contributed by atoms with Crippen molar-refractivity contribution in [3.05, 3.63) is 57.4 Å². The molecule has 1 aliphatic rings. The molecule has 1 aliphatic heterocycles. The van der Waals surface area contributed by atoms with Crippen LogP contribution in [0.4, 0.5) is 0 Å². The van der Waals surface area contributed by atoms with E-state index in [-0.39, 0.29) is 18.8 Å². The van der Waals surface area contributed by atoms with Crippen LogP contribution in [0.1, 0.15) is 25.3 Å². The van der Waals surface area contributed by atoms with E-state index in [2.05, 4.69) is 5.32 Å². The van der Waals surface area contributed by atoms with E-state index in [1.807, 2.05) is 0 Å². The van der Waals surface area contributed by atoms with E-state index >= 15 is 0 Å². The van der Waals surface area contributed by atoms with Gasteiger partial charge in [0.2, 0.25) is 0 Å². The molecule has 0 aromatic heterocycles. The summed E-state index contributed by atoms with van der Waals surface area (Å²) >= 11 is 6.17. The number of hydrogen-bond acceptors (Lipinski definition) is 7. The van der Waals surface area contributed by atoms with E-state index in [9.17, 15) is 9.59 Å². The van der Waals surface area contributed by atoms with E-state index in [1.54, 1.807) is 38.1 Å². The molecule has 3 N–H and O–H groups in total. The molecule has 0 unspecified atom stereocenters. The van der Waals surface area contributed by atoms with E-state index in [0.29, 0.717) is 40.7 Å². The number of carbonyl (C=O) groups is 2. The summed E-state index contributed by atoms with van der Waals surface area (Å²) in [5, 5.41) is 3.59. The standard InChI is InChI=1S/C20H25ClN2O5/c1-4-28-20(25)18-15(11-27-9-8-22)23-12(2)16(19(24)26-3)17(18)13-6-5-7-14(21)10-13/h5-7,10,17,23H,4,8-9,11,22H2,1-3H3/t17-/m0/s1. The first-order chi connectivity index (χ1) is 13.4. The van der Waals surface area contributed by atoms with Crippen LogP contribution < -0.4 is 11.1 Å². The predicted octanol–water partition coefficient (Wildman–Crippen LogP) is 2.27. The molecule has 1 atom stereocenters. The maximum atomic E-state index is 12.9. The Labute approximate surface area is 169 Å². The second kappa shape index (κ2) is 10.3. The number of nitrogens with two attached hydrogens (primary N) is 1. The number of ether oxygens (including phenoxy) is 3. The number of rotatable bonds is 8. The van der Waals surface area contributed by atoms with Crippen LogP contribution in [0.5, 0.6) is 0 Å². The first-order valence-corrected chi connectivity index (χ1v) is 9.31. The van der Waals surface area contributed by atoms with Crippen molar-refractivity contribution in [1.29, 1.82) is 0 Å². The number of dihydropyridines is 1. The van der Waals surface area contributed by atoms with Gasteiger partial charge in [-0.25, -0.2) is 9.59 Å². The monoisotopic (exact) mass is 408 g/mol. The summed E-state index contributed by atoms with van der Waals surface area (Å²) in [5.41, 5.74) is 7.85. The van der Waals surface area contributed by atoms with Crippen LogP contribution in [0.15, 0.2) is 46.8 Å². The van der Waals surface area contributed by atoms with Gasteiger partial charge in [0.05, 0.1) is 49.7 Å². The summed E-state index contributed by atoms with van der Waals surface area (Å²) in [6.45, 7) is 4.45. The third kappa shape index (κ3) is 4.92. The van der Waals surface area contributed by atoms with Crippen molar-refractivity contribution < 1.29 is 23.8 Å². The highest BCUT2D eigenvalue weighted by Crippen LogP contribution is 2.40. The van der Waals surface area contributed by atoms with Gasteiger partial charge in [0.1, 0.15) is 0 Å². The summed E-state index contributed by atoms with van der Waals surface area (Å²) < 4.78 is 15.8. The zero-order chi connectivity index (χ0) is 20.7. The van der Waals surface area contributed by atoms with E-state index in [4.69, 9.17) is 31.5 Å². The van der Waals surface area contributed by atoms with Crippen LogP contribution >= 0.6 is 11.6 Å². The molecule has 0 aliphatic carbocycles. The SMILES string of the molecule is CCOC(=O)C1=C(COCCN)NC(C)=C(C(=O)OC)[C@@H]1c1cccc(Cl)c1. The summed E-state index contributed by atoms with van der Waals surface area (Å²) in [4.78, 5) is 25.4. The molecule has 2 rings (SSSR count). The second-order valence-corrected chi connectivity index (χ2v) is 6.53. The number of hydrogen-bond donors (Lipinski definition) is 2. The third-order valence-electron chi connectivity index (χ3n) is 4.24. The normalized spacial score (nSPS) is 16.7. The first kappa shape index (κ1) is 21.9. The highest BCUT2D eigenvalue weighted by Gasteiger charge is 2.38. The van der Waals surface area contributed by atoms with E-state index in [0.717, 1.165) is 0 Å². The predicted molar refractivity (Wildman–Crippen MR) is 106 cm³/mol. The Morgan fingerprint density at radius 2 is 2.00 bits per heavy atom. The van der Waals surface area contributed by atoms with Crippen LogP contribution in [-0.4, -0.2) is 45.4 Å². The van der Waals surface area contributed by atoms with E-state index < -0.39 is 17.9 Å². The average Bonchev–Trinajstić information content (AvgIpc) is 2.67. The van der Waals surface area contributed by atoms with Crippen molar-refractivity contribution in [2.24, 2.45) is 5.73 Å². The van der Waals surface area contributed by atoms with Crippen LogP contribution in [0.3, 0.4) is 0 Å². The maximum Gasteiger partial charge on any atom is 0.336 e. The molecule has 1 aromatic rings. The molecular weight excluding hydrogens is 384 g/mol. The Hall–Kier alpha value is -2.35. The lowest BCUT2D eigenvalue weighted by Crippen LogP contribution is -2.35. The second-order valence-electron chi connectivity index (χ2n) is 6.10. The van der Waals surface area contributed by atoms with Gasteiger partial charge in [-0.2, -0.15) is 0 Å². The Morgan fingerprint density at radius 1 is 1.25 bits per heavy atom. The minimum absolute atomic E-state index is 0.119. The summed E-state index contributed by atoms with van der Waals surface area (Å²) in [6, 6.07) is 7.00. The Bertz CT molecular complexity index is 804. The molecule has 152 valence electrons. The van der Waals surface area contributed by atoms with Crippen LogP contribution in [0.25, 0.3) is 0 Å². The summed E-state index contributed by atoms with van der Waals surface area (Å²) in [7, 11) is 1.30. The first-order valence-electron chi connectivity index (χ1n) is 8.94.